The Morgan fingerprint density at radius 1 is 1.33 bits per heavy atom. The molecule has 0 saturated carbocycles. The highest BCUT2D eigenvalue weighted by Gasteiger charge is 2.08. The van der Waals surface area contributed by atoms with Gasteiger partial charge in [0.15, 0.2) is 0 Å². The molecule has 21 heavy (non-hydrogen) atoms. The van der Waals surface area contributed by atoms with Gasteiger partial charge >= 0.3 is 0 Å². The Hall–Kier alpha value is -2.37. The first-order chi connectivity index (χ1) is 10.0. The molecule has 0 unspecified atom stereocenters. The SMILES string of the molecule is COc1cccc(/C=N\NC(=O)CC(=O)NCC(C)C)c1. The topological polar surface area (TPSA) is 79.8 Å². The summed E-state index contributed by atoms with van der Waals surface area (Å²) in [5.41, 5.74) is 3.11. The molecule has 0 aliphatic carbocycles. The van der Waals surface area contributed by atoms with Crippen molar-refractivity contribution in [2.75, 3.05) is 13.7 Å². The second kappa shape index (κ2) is 8.73. The smallest absolute Gasteiger partial charge is 0.249 e. The molecule has 0 aliphatic heterocycles. The van der Waals surface area contributed by atoms with Crippen molar-refractivity contribution in [3.8, 4) is 5.75 Å². The maximum atomic E-state index is 11.5. The van der Waals surface area contributed by atoms with E-state index >= 15 is 0 Å². The fourth-order valence-electron chi connectivity index (χ4n) is 1.47. The number of benzene rings is 1. The number of carbonyl (C=O) groups is 2. The standard InChI is InChI=1S/C15H21N3O3/c1-11(2)9-16-14(19)8-15(20)18-17-10-12-5-4-6-13(7-12)21-3/h4-7,10-11H,8-9H2,1-3H3,(H,16,19)(H,18,20)/b17-10-. The summed E-state index contributed by atoms with van der Waals surface area (Å²) < 4.78 is 5.08. The quantitative estimate of drug-likeness (QED) is 0.451. The van der Waals surface area contributed by atoms with Crippen molar-refractivity contribution < 1.29 is 14.3 Å². The van der Waals surface area contributed by atoms with Crippen LogP contribution in [0, 0.1) is 5.92 Å². The molecule has 0 bridgehead atoms. The van der Waals surface area contributed by atoms with Crippen LogP contribution in [0.5, 0.6) is 5.75 Å². The molecule has 6 nitrogen and oxygen atoms in total. The second-order valence-electron chi connectivity index (χ2n) is 4.94. The molecule has 2 N–H and O–H groups in total. The van der Waals surface area contributed by atoms with E-state index in [0.29, 0.717) is 18.2 Å². The van der Waals surface area contributed by atoms with Gasteiger partial charge in [-0.25, -0.2) is 5.43 Å². The number of nitrogens with zero attached hydrogens (tertiary/aromatic N) is 1. The van der Waals surface area contributed by atoms with Crippen LogP contribution >= 0.6 is 0 Å². The summed E-state index contributed by atoms with van der Waals surface area (Å²) in [6, 6.07) is 7.24. The molecule has 0 saturated heterocycles. The zero-order valence-electron chi connectivity index (χ0n) is 12.6. The predicted molar refractivity (Wildman–Crippen MR) is 81.2 cm³/mol. The van der Waals surface area contributed by atoms with Crippen molar-refractivity contribution in [3.05, 3.63) is 29.8 Å². The first kappa shape index (κ1) is 16.7. The summed E-state index contributed by atoms with van der Waals surface area (Å²) in [5, 5.41) is 6.47. The van der Waals surface area contributed by atoms with Crippen LogP contribution in [-0.2, 0) is 9.59 Å². The van der Waals surface area contributed by atoms with Gasteiger partial charge in [0.05, 0.1) is 13.3 Å². The van der Waals surface area contributed by atoms with E-state index in [1.165, 1.54) is 6.21 Å². The number of hydrogen-bond donors (Lipinski definition) is 2. The number of amides is 2. The summed E-state index contributed by atoms with van der Waals surface area (Å²) in [7, 11) is 1.58. The average Bonchev–Trinajstić information content (AvgIpc) is 2.45. The lowest BCUT2D eigenvalue weighted by Gasteiger charge is -2.06. The third kappa shape index (κ3) is 7.10. The van der Waals surface area contributed by atoms with Crippen molar-refractivity contribution in [1.29, 1.82) is 0 Å². The molecule has 114 valence electrons. The first-order valence-corrected chi connectivity index (χ1v) is 6.74. The fourth-order valence-corrected chi connectivity index (χ4v) is 1.47. The van der Waals surface area contributed by atoms with Crippen LogP contribution in [0.3, 0.4) is 0 Å². The third-order valence-electron chi connectivity index (χ3n) is 2.53. The number of hydrogen-bond acceptors (Lipinski definition) is 4. The molecule has 1 rings (SSSR count). The van der Waals surface area contributed by atoms with E-state index in [1.807, 2.05) is 32.0 Å². The van der Waals surface area contributed by atoms with Crippen LogP contribution < -0.4 is 15.5 Å². The number of methoxy groups -OCH3 is 1. The maximum Gasteiger partial charge on any atom is 0.249 e. The Bertz CT molecular complexity index is 513. The first-order valence-electron chi connectivity index (χ1n) is 6.74. The van der Waals surface area contributed by atoms with Crippen molar-refractivity contribution in [2.45, 2.75) is 20.3 Å². The Kier molecular flexibility index (Phi) is 6.94. The zero-order chi connectivity index (χ0) is 15.7. The molecule has 0 aromatic heterocycles. The minimum atomic E-state index is -0.449. The number of hydrazone groups is 1. The number of rotatable bonds is 7. The lowest BCUT2D eigenvalue weighted by Crippen LogP contribution is -2.32. The van der Waals surface area contributed by atoms with Crippen molar-refractivity contribution in [2.24, 2.45) is 11.0 Å². The van der Waals surface area contributed by atoms with Gasteiger partial charge in [0.2, 0.25) is 11.8 Å². The van der Waals surface area contributed by atoms with Crippen LogP contribution in [0.25, 0.3) is 0 Å². The van der Waals surface area contributed by atoms with Gasteiger partial charge in [-0.05, 0) is 23.6 Å². The predicted octanol–water partition coefficient (Wildman–Crippen LogP) is 1.31. The van der Waals surface area contributed by atoms with Crippen LogP contribution in [0.1, 0.15) is 25.8 Å². The van der Waals surface area contributed by atoms with Gasteiger partial charge in [-0.15, -0.1) is 0 Å². The molecular formula is C15H21N3O3. The van der Waals surface area contributed by atoms with Crippen LogP contribution in [-0.4, -0.2) is 31.7 Å². The molecule has 0 heterocycles. The van der Waals surface area contributed by atoms with E-state index < -0.39 is 5.91 Å². The number of nitrogens with one attached hydrogen (secondary N) is 2. The summed E-state index contributed by atoms with van der Waals surface area (Å²) in [4.78, 5) is 22.9. The van der Waals surface area contributed by atoms with Gasteiger partial charge in [0, 0.05) is 6.54 Å². The molecule has 0 spiro atoms. The van der Waals surface area contributed by atoms with E-state index in [-0.39, 0.29) is 12.3 Å². The lowest BCUT2D eigenvalue weighted by atomic mass is 10.2. The summed E-state index contributed by atoms with van der Waals surface area (Å²) in [5.74, 6) is 0.301. The van der Waals surface area contributed by atoms with Crippen LogP contribution in [0.4, 0.5) is 0 Å². The van der Waals surface area contributed by atoms with Gasteiger partial charge < -0.3 is 10.1 Å². The van der Waals surface area contributed by atoms with Gasteiger partial charge in [-0.2, -0.15) is 5.10 Å². The number of ether oxygens (including phenoxy) is 1. The minimum Gasteiger partial charge on any atom is -0.497 e. The minimum absolute atomic E-state index is 0.234. The Morgan fingerprint density at radius 2 is 2.10 bits per heavy atom. The molecule has 2 amide bonds. The highest BCUT2D eigenvalue weighted by molar-refractivity contribution is 5.97. The van der Waals surface area contributed by atoms with Gasteiger partial charge in [-0.3, -0.25) is 9.59 Å². The summed E-state index contributed by atoms with van der Waals surface area (Å²) >= 11 is 0. The van der Waals surface area contributed by atoms with Gasteiger partial charge in [0.1, 0.15) is 12.2 Å². The third-order valence-corrected chi connectivity index (χ3v) is 2.53. The van der Waals surface area contributed by atoms with E-state index in [1.54, 1.807) is 13.2 Å². The van der Waals surface area contributed by atoms with Gasteiger partial charge in [-0.1, -0.05) is 26.0 Å². The Balaban J connectivity index is 2.38. The number of carbonyl (C=O) groups excluding carboxylic acids is 2. The van der Waals surface area contributed by atoms with Crippen LogP contribution in [0.15, 0.2) is 29.4 Å². The molecule has 0 atom stereocenters. The van der Waals surface area contributed by atoms with Crippen LogP contribution in [0.2, 0.25) is 0 Å². The second-order valence-corrected chi connectivity index (χ2v) is 4.94. The molecular weight excluding hydrogens is 270 g/mol. The zero-order valence-corrected chi connectivity index (χ0v) is 12.6. The van der Waals surface area contributed by atoms with Crippen molar-refractivity contribution in [1.82, 2.24) is 10.7 Å². The Morgan fingerprint density at radius 3 is 2.76 bits per heavy atom. The highest BCUT2D eigenvalue weighted by Crippen LogP contribution is 2.10. The molecule has 1 aromatic carbocycles. The maximum absolute atomic E-state index is 11.5. The normalized spacial score (nSPS) is 10.7. The van der Waals surface area contributed by atoms with E-state index in [0.717, 1.165) is 5.56 Å². The van der Waals surface area contributed by atoms with Gasteiger partial charge in [0.25, 0.3) is 0 Å². The largest absolute Gasteiger partial charge is 0.497 e. The van der Waals surface area contributed by atoms with E-state index in [2.05, 4.69) is 15.8 Å². The highest BCUT2D eigenvalue weighted by atomic mass is 16.5. The Labute approximate surface area is 124 Å². The summed E-state index contributed by atoms with van der Waals surface area (Å²) in [6.45, 7) is 4.52. The van der Waals surface area contributed by atoms with E-state index in [4.69, 9.17) is 4.74 Å². The molecule has 0 radical (unpaired) electrons. The average molecular weight is 291 g/mol. The van der Waals surface area contributed by atoms with E-state index in [9.17, 15) is 9.59 Å². The molecule has 6 heteroatoms. The monoisotopic (exact) mass is 291 g/mol. The lowest BCUT2D eigenvalue weighted by molar-refractivity contribution is -0.129. The fraction of sp³-hybridized carbons (Fsp3) is 0.400. The van der Waals surface area contributed by atoms with Crippen molar-refractivity contribution >= 4 is 18.0 Å². The van der Waals surface area contributed by atoms with Crippen molar-refractivity contribution in [3.63, 3.8) is 0 Å². The summed E-state index contributed by atoms with van der Waals surface area (Å²) in [6.07, 6.45) is 1.26. The molecule has 0 aliphatic rings. The molecule has 0 fully saturated rings. The molecule has 1 aromatic rings.